The number of ether oxygens (including phenoxy) is 6. The Labute approximate surface area is 239 Å². The Kier molecular flexibility index (Phi) is 9.01. The summed E-state index contributed by atoms with van der Waals surface area (Å²) >= 11 is 0. The third kappa shape index (κ3) is 5.77. The molecule has 0 bridgehead atoms. The van der Waals surface area contributed by atoms with Crippen molar-refractivity contribution >= 4 is 16.9 Å². The first-order valence-electron chi connectivity index (χ1n) is 13.1. The van der Waals surface area contributed by atoms with E-state index in [1.807, 2.05) is 26.0 Å². The minimum absolute atomic E-state index is 0.0430. The van der Waals surface area contributed by atoms with E-state index >= 15 is 0 Å². The van der Waals surface area contributed by atoms with Crippen LogP contribution in [-0.2, 0) is 0 Å². The molecule has 3 aromatic carbocycles. The number of hydrogen-bond donors (Lipinski definition) is 1. The normalized spacial score (nSPS) is 11.5. The number of amides is 1. The lowest BCUT2D eigenvalue weighted by molar-refractivity contribution is 0.0939. The Balaban J connectivity index is 2.03. The third-order valence-corrected chi connectivity index (χ3v) is 6.79. The molecule has 1 amide bonds. The van der Waals surface area contributed by atoms with Crippen molar-refractivity contribution in [3.05, 3.63) is 48.0 Å². The number of carbonyl (C=O) groups excluding carboxylic acids is 1. The summed E-state index contributed by atoms with van der Waals surface area (Å²) in [5.41, 5.74) is 4.03. The monoisotopic (exact) mass is 561 g/mol. The van der Waals surface area contributed by atoms with Crippen LogP contribution in [-0.4, -0.2) is 64.6 Å². The molecule has 0 aliphatic carbocycles. The molecule has 10 nitrogen and oxygen atoms in total. The quantitative estimate of drug-likeness (QED) is 0.252. The van der Waals surface area contributed by atoms with Gasteiger partial charge in [0.1, 0.15) is 0 Å². The lowest BCUT2D eigenvalue weighted by Gasteiger charge is -2.18. The lowest BCUT2D eigenvalue weighted by atomic mass is 10.0. The number of carbonyl (C=O) groups is 1. The summed E-state index contributed by atoms with van der Waals surface area (Å²) in [6, 6.07) is 12.5. The van der Waals surface area contributed by atoms with Crippen LogP contribution in [0.5, 0.6) is 34.5 Å². The fourth-order valence-electron chi connectivity index (χ4n) is 4.44. The maximum atomic E-state index is 12.9. The molecule has 0 radical (unpaired) electrons. The molecule has 4 aromatic rings. The van der Waals surface area contributed by atoms with Crippen molar-refractivity contribution < 1.29 is 33.2 Å². The molecule has 1 aromatic heterocycles. The number of methoxy groups -OCH3 is 6. The van der Waals surface area contributed by atoms with Gasteiger partial charge in [-0.05, 0) is 55.8 Å². The summed E-state index contributed by atoms with van der Waals surface area (Å²) in [6.45, 7) is 3.98. The Morgan fingerprint density at radius 2 is 1.12 bits per heavy atom. The Morgan fingerprint density at radius 1 is 0.683 bits per heavy atom. The van der Waals surface area contributed by atoms with Gasteiger partial charge in [-0.2, -0.15) is 0 Å². The van der Waals surface area contributed by atoms with Crippen LogP contribution in [0.25, 0.3) is 33.5 Å². The number of nitrogens with zero attached hydrogens (tertiary/aromatic N) is 2. The van der Waals surface area contributed by atoms with Gasteiger partial charge in [0.2, 0.25) is 11.5 Å². The highest BCUT2D eigenvalue weighted by Gasteiger charge is 2.22. The molecular weight excluding hydrogens is 526 g/mol. The summed E-state index contributed by atoms with van der Waals surface area (Å²) in [7, 11) is 9.30. The molecule has 1 N–H and O–H groups in total. The van der Waals surface area contributed by atoms with Crippen molar-refractivity contribution in [2.75, 3.05) is 42.7 Å². The van der Waals surface area contributed by atoms with Gasteiger partial charge in [0, 0.05) is 22.7 Å². The highest BCUT2D eigenvalue weighted by molar-refractivity contribution is 5.98. The van der Waals surface area contributed by atoms with E-state index in [0.717, 1.165) is 6.42 Å². The predicted molar refractivity (Wildman–Crippen MR) is 157 cm³/mol. The first-order valence-corrected chi connectivity index (χ1v) is 13.1. The van der Waals surface area contributed by atoms with Crippen LogP contribution in [0.3, 0.4) is 0 Å². The number of benzene rings is 3. The zero-order valence-corrected chi connectivity index (χ0v) is 24.6. The first kappa shape index (κ1) is 29.3. The van der Waals surface area contributed by atoms with Crippen LogP contribution in [0.4, 0.5) is 0 Å². The van der Waals surface area contributed by atoms with Crippen LogP contribution < -0.4 is 33.7 Å². The first-order chi connectivity index (χ1) is 19.8. The second-order valence-electron chi connectivity index (χ2n) is 9.24. The van der Waals surface area contributed by atoms with Gasteiger partial charge < -0.3 is 33.7 Å². The molecule has 0 unspecified atom stereocenters. The van der Waals surface area contributed by atoms with Crippen molar-refractivity contribution in [2.24, 2.45) is 0 Å². The molecule has 216 valence electrons. The van der Waals surface area contributed by atoms with Gasteiger partial charge in [-0.3, -0.25) is 4.79 Å². The zero-order valence-electron chi connectivity index (χ0n) is 24.6. The van der Waals surface area contributed by atoms with E-state index in [0.29, 0.717) is 73.6 Å². The van der Waals surface area contributed by atoms with Crippen LogP contribution in [0.2, 0.25) is 0 Å². The van der Waals surface area contributed by atoms with Crippen LogP contribution in [0.1, 0.15) is 30.6 Å². The summed E-state index contributed by atoms with van der Waals surface area (Å²) in [5.74, 6) is 2.59. The molecule has 0 aliphatic rings. The lowest BCUT2D eigenvalue weighted by Crippen LogP contribution is -2.31. The molecule has 1 heterocycles. The number of fused-ring (bicyclic) bond motifs is 1. The van der Waals surface area contributed by atoms with Crippen molar-refractivity contribution in [1.29, 1.82) is 0 Å². The van der Waals surface area contributed by atoms with Crippen molar-refractivity contribution in [2.45, 2.75) is 26.3 Å². The highest BCUT2D eigenvalue weighted by Crippen LogP contribution is 2.45. The summed E-state index contributed by atoms with van der Waals surface area (Å²) in [4.78, 5) is 22.9. The Bertz CT molecular complexity index is 1520. The number of aromatic nitrogens is 2. The highest BCUT2D eigenvalue weighted by atomic mass is 16.5. The molecule has 10 heteroatoms. The van der Waals surface area contributed by atoms with Gasteiger partial charge >= 0.3 is 0 Å². The van der Waals surface area contributed by atoms with E-state index in [2.05, 4.69) is 5.32 Å². The fraction of sp³-hybridized carbons (Fsp3) is 0.323. The average Bonchev–Trinajstić information content (AvgIpc) is 3.01. The fourth-order valence-corrected chi connectivity index (χ4v) is 4.44. The molecule has 1 atom stereocenters. The largest absolute Gasteiger partial charge is 0.493 e. The smallest absolute Gasteiger partial charge is 0.251 e. The van der Waals surface area contributed by atoms with Crippen LogP contribution >= 0.6 is 0 Å². The van der Waals surface area contributed by atoms with Gasteiger partial charge in [-0.15, -0.1) is 0 Å². The number of rotatable bonds is 11. The average molecular weight is 562 g/mol. The minimum atomic E-state index is -0.175. The van der Waals surface area contributed by atoms with Gasteiger partial charge in [0.05, 0.1) is 65.1 Å². The predicted octanol–water partition coefficient (Wildman–Crippen LogP) is 5.54. The standard InChI is InChI=1S/C31H35N3O7/c1-9-17(2)32-31(35)18-10-11-21-22(12-18)34-28(20-15-25(38-5)30(41-8)26(16-20)39-6)27(33-21)19-13-23(36-3)29(40-7)24(14-19)37-4/h10-17H,9H2,1-8H3,(H,32,35)/t17-/m1/s1. The summed E-state index contributed by atoms with van der Waals surface area (Å²) in [6.07, 6.45) is 0.822. The third-order valence-electron chi connectivity index (χ3n) is 6.79. The van der Waals surface area contributed by atoms with E-state index in [1.54, 1.807) is 73.0 Å². The maximum absolute atomic E-state index is 12.9. The maximum Gasteiger partial charge on any atom is 0.251 e. The van der Waals surface area contributed by atoms with Crippen LogP contribution in [0, 0.1) is 0 Å². The number of hydrogen-bond acceptors (Lipinski definition) is 9. The van der Waals surface area contributed by atoms with Crippen molar-refractivity contribution in [1.82, 2.24) is 15.3 Å². The molecule has 0 fully saturated rings. The molecule has 4 rings (SSSR count). The van der Waals surface area contributed by atoms with Crippen LogP contribution in [0.15, 0.2) is 42.5 Å². The molecule has 0 saturated carbocycles. The van der Waals surface area contributed by atoms with E-state index < -0.39 is 0 Å². The molecular formula is C31H35N3O7. The van der Waals surface area contributed by atoms with E-state index in [-0.39, 0.29) is 11.9 Å². The van der Waals surface area contributed by atoms with E-state index in [4.69, 9.17) is 38.4 Å². The second-order valence-corrected chi connectivity index (χ2v) is 9.24. The van der Waals surface area contributed by atoms with Gasteiger partial charge in [-0.1, -0.05) is 6.92 Å². The van der Waals surface area contributed by atoms with Crippen molar-refractivity contribution in [3.8, 4) is 57.0 Å². The van der Waals surface area contributed by atoms with Crippen molar-refractivity contribution in [3.63, 3.8) is 0 Å². The Hall–Kier alpha value is -4.73. The zero-order chi connectivity index (χ0) is 29.7. The minimum Gasteiger partial charge on any atom is -0.493 e. The second kappa shape index (κ2) is 12.6. The SMILES string of the molecule is CC[C@@H](C)NC(=O)c1ccc2nc(-c3cc(OC)c(OC)c(OC)c3)c(-c3cc(OC)c(OC)c(OC)c3)nc2c1. The topological polar surface area (TPSA) is 110 Å². The van der Waals surface area contributed by atoms with Gasteiger partial charge in [0.25, 0.3) is 5.91 Å². The van der Waals surface area contributed by atoms with Gasteiger partial charge in [0.15, 0.2) is 23.0 Å². The molecule has 0 spiro atoms. The molecule has 0 aliphatic heterocycles. The summed E-state index contributed by atoms with van der Waals surface area (Å²) in [5, 5.41) is 3.00. The number of nitrogens with one attached hydrogen (secondary N) is 1. The van der Waals surface area contributed by atoms with E-state index in [1.165, 1.54) is 0 Å². The molecule has 41 heavy (non-hydrogen) atoms. The molecule has 0 saturated heterocycles. The Morgan fingerprint density at radius 3 is 1.51 bits per heavy atom. The van der Waals surface area contributed by atoms with Gasteiger partial charge in [-0.25, -0.2) is 9.97 Å². The summed E-state index contributed by atoms with van der Waals surface area (Å²) < 4.78 is 33.5. The van der Waals surface area contributed by atoms with E-state index in [9.17, 15) is 4.79 Å².